The minimum Gasteiger partial charge on any atom is -0.493 e. The van der Waals surface area contributed by atoms with Crippen LogP contribution in [0, 0.1) is 0 Å². The Balaban J connectivity index is 3.10. The van der Waals surface area contributed by atoms with Crippen molar-refractivity contribution < 1.29 is 17.9 Å². The molecule has 0 aliphatic carbocycles. The van der Waals surface area contributed by atoms with Gasteiger partial charge in [0, 0.05) is 0 Å². The SMILES string of the molecule is COc1ccc(C(F)(F)F)nc1N. The van der Waals surface area contributed by atoms with Crippen molar-refractivity contribution in [3.63, 3.8) is 0 Å². The highest BCUT2D eigenvalue weighted by Crippen LogP contribution is 2.30. The van der Waals surface area contributed by atoms with E-state index >= 15 is 0 Å². The van der Waals surface area contributed by atoms with Crippen LogP contribution in [0.1, 0.15) is 5.69 Å². The number of ether oxygens (including phenoxy) is 1. The molecule has 2 N–H and O–H groups in total. The van der Waals surface area contributed by atoms with Crippen LogP contribution in [-0.4, -0.2) is 12.1 Å². The number of methoxy groups -OCH3 is 1. The maximum absolute atomic E-state index is 12.0. The number of hydrogen-bond acceptors (Lipinski definition) is 3. The average molecular weight is 192 g/mol. The van der Waals surface area contributed by atoms with E-state index in [1.807, 2.05) is 0 Å². The van der Waals surface area contributed by atoms with E-state index in [4.69, 9.17) is 5.73 Å². The van der Waals surface area contributed by atoms with Crippen molar-refractivity contribution in [2.75, 3.05) is 12.8 Å². The quantitative estimate of drug-likeness (QED) is 0.736. The highest BCUT2D eigenvalue weighted by Gasteiger charge is 2.32. The fourth-order valence-electron chi connectivity index (χ4n) is 0.793. The molecule has 1 heterocycles. The molecule has 0 aliphatic rings. The topological polar surface area (TPSA) is 48.1 Å². The first-order valence-electron chi connectivity index (χ1n) is 3.33. The van der Waals surface area contributed by atoms with Gasteiger partial charge in [-0.1, -0.05) is 0 Å². The standard InChI is InChI=1S/C7H7F3N2O/c1-13-4-2-3-5(7(8,9)10)12-6(4)11/h2-3H,1H3,(H2,11,12). The summed E-state index contributed by atoms with van der Waals surface area (Å²) >= 11 is 0. The molecule has 0 aromatic carbocycles. The van der Waals surface area contributed by atoms with Gasteiger partial charge in [0.1, 0.15) is 5.69 Å². The summed E-state index contributed by atoms with van der Waals surface area (Å²) in [5.74, 6) is -0.134. The lowest BCUT2D eigenvalue weighted by Crippen LogP contribution is -2.09. The van der Waals surface area contributed by atoms with Crippen molar-refractivity contribution in [1.82, 2.24) is 4.98 Å². The van der Waals surface area contributed by atoms with Gasteiger partial charge in [-0.15, -0.1) is 0 Å². The van der Waals surface area contributed by atoms with Crippen LogP contribution in [0.3, 0.4) is 0 Å². The largest absolute Gasteiger partial charge is 0.493 e. The van der Waals surface area contributed by atoms with Crippen molar-refractivity contribution >= 4 is 5.82 Å². The molecule has 1 aromatic heterocycles. The van der Waals surface area contributed by atoms with E-state index < -0.39 is 11.9 Å². The molecule has 0 saturated heterocycles. The van der Waals surface area contributed by atoms with Crippen LogP contribution in [0.15, 0.2) is 12.1 Å². The van der Waals surface area contributed by atoms with Gasteiger partial charge in [0.15, 0.2) is 11.6 Å². The van der Waals surface area contributed by atoms with Gasteiger partial charge in [-0.25, -0.2) is 4.98 Å². The molecule has 0 atom stereocenters. The molecule has 1 aromatic rings. The third-order valence-electron chi connectivity index (χ3n) is 1.40. The fraction of sp³-hybridized carbons (Fsp3) is 0.286. The minimum absolute atomic E-state index is 0.132. The molecule has 13 heavy (non-hydrogen) atoms. The molecule has 0 radical (unpaired) electrons. The maximum Gasteiger partial charge on any atom is 0.433 e. The predicted octanol–water partition coefficient (Wildman–Crippen LogP) is 1.69. The van der Waals surface area contributed by atoms with Gasteiger partial charge < -0.3 is 10.5 Å². The van der Waals surface area contributed by atoms with E-state index in [1.165, 1.54) is 7.11 Å². The Bertz CT molecular complexity index is 311. The van der Waals surface area contributed by atoms with Crippen LogP contribution in [0.2, 0.25) is 0 Å². The van der Waals surface area contributed by atoms with E-state index in [2.05, 4.69) is 9.72 Å². The molecule has 0 aliphatic heterocycles. The fourth-order valence-corrected chi connectivity index (χ4v) is 0.793. The maximum atomic E-state index is 12.0. The summed E-state index contributed by atoms with van der Waals surface area (Å²) in [7, 11) is 1.31. The summed E-state index contributed by atoms with van der Waals surface area (Å²) in [4.78, 5) is 3.14. The zero-order chi connectivity index (χ0) is 10.1. The Morgan fingerprint density at radius 3 is 2.38 bits per heavy atom. The highest BCUT2D eigenvalue weighted by atomic mass is 19.4. The second-order valence-corrected chi connectivity index (χ2v) is 2.28. The molecule has 6 heteroatoms. The van der Waals surface area contributed by atoms with Crippen LogP contribution in [0.4, 0.5) is 19.0 Å². The predicted molar refractivity (Wildman–Crippen MR) is 40.2 cm³/mol. The average Bonchev–Trinajstić information content (AvgIpc) is 2.02. The third kappa shape index (κ3) is 2.01. The van der Waals surface area contributed by atoms with E-state index in [0.29, 0.717) is 0 Å². The van der Waals surface area contributed by atoms with Gasteiger partial charge in [-0.2, -0.15) is 13.2 Å². The van der Waals surface area contributed by atoms with Gasteiger partial charge in [0.05, 0.1) is 7.11 Å². The summed E-state index contributed by atoms with van der Waals surface area (Å²) in [6.07, 6.45) is -4.47. The Kier molecular flexibility index (Phi) is 2.31. The van der Waals surface area contributed by atoms with Gasteiger partial charge in [-0.3, -0.25) is 0 Å². The molecule has 72 valence electrons. The molecular weight excluding hydrogens is 185 g/mol. The Morgan fingerprint density at radius 2 is 2.00 bits per heavy atom. The smallest absolute Gasteiger partial charge is 0.433 e. The second kappa shape index (κ2) is 3.12. The van der Waals surface area contributed by atoms with Crippen molar-refractivity contribution in [2.45, 2.75) is 6.18 Å². The lowest BCUT2D eigenvalue weighted by Gasteiger charge is -2.08. The number of nitrogens with zero attached hydrogens (tertiary/aromatic N) is 1. The zero-order valence-electron chi connectivity index (χ0n) is 6.72. The molecule has 1 rings (SSSR count). The summed E-state index contributed by atoms with van der Waals surface area (Å²) in [6, 6.07) is 1.94. The Labute approximate surface area is 72.3 Å². The monoisotopic (exact) mass is 192 g/mol. The van der Waals surface area contributed by atoms with Crippen molar-refractivity contribution in [3.05, 3.63) is 17.8 Å². The van der Waals surface area contributed by atoms with Crippen LogP contribution >= 0.6 is 0 Å². The number of alkyl halides is 3. The van der Waals surface area contributed by atoms with E-state index in [1.54, 1.807) is 0 Å². The molecule has 0 spiro atoms. The summed E-state index contributed by atoms with van der Waals surface area (Å²) in [5, 5.41) is 0. The highest BCUT2D eigenvalue weighted by molar-refractivity contribution is 5.46. The molecule has 3 nitrogen and oxygen atoms in total. The second-order valence-electron chi connectivity index (χ2n) is 2.28. The first-order valence-corrected chi connectivity index (χ1v) is 3.33. The normalized spacial score (nSPS) is 11.4. The van der Waals surface area contributed by atoms with Gasteiger partial charge in [0.2, 0.25) is 0 Å². The molecule has 0 unspecified atom stereocenters. The van der Waals surface area contributed by atoms with Crippen molar-refractivity contribution in [3.8, 4) is 5.75 Å². The molecule has 0 amide bonds. The van der Waals surface area contributed by atoms with E-state index in [-0.39, 0.29) is 11.6 Å². The van der Waals surface area contributed by atoms with Crippen LogP contribution in [0.25, 0.3) is 0 Å². The number of nitrogen functional groups attached to an aromatic ring is 1. The van der Waals surface area contributed by atoms with Crippen molar-refractivity contribution in [2.24, 2.45) is 0 Å². The van der Waals surface area contributed by atoms with E-state index in [0.717, 1.165) is 12.1 Å². The van der Waals surface area contributed by atoms with Crippen molar-refractivity contribution in [1.29, 1.82) is 0 Å². The number of nitrogens with two attached hydrogens (primary N) is 1. The Morgan fingerprint density at radius 1 is 1.38 bits per heavy atom. The number of anilines is 1. The first-order chi connectivity index (χ1) is 5.95. The summed E-state index contributed by atoms with van der Waals surface area (Å²) in [6.45, 7) is 0. The van der Waals surface area contributed by atoms with Gasteiger partial charge in [0.25, 0.3) is 0 Å². The molecule has 0 saturated carbocycles. The summed E-state index contributed by atoms with van der Waals surface area (Å²) in [5.41, 5.74) is 4.17. The number of hydrogen-bond donors (Lipinski definition) is 1. The van der Waals surface area contributed by atoms with Crippen LogP contribution in [-0.2, 0) is 6.18 Å². The lowest BCUT2D eigenvalue weighted by molar-refractivity contribution is -0.141. The lowest BCUT2D eigenvalue weighted by atomic mass is 10.3. The first kappa shape index (κ1) is 9.63. The number of pyridine rings is 1. The molecular formula is C7H7F3N2O. The van der Waals surface area contributed by atoms with Gasteiger partial charge >= 0.3 is 6.18 Å². The number of aromatic nitrogens is 1. The van der Waals surface area contributed by atoms with Crippen LogP contribution in [0.5, 0.6) is 5.75 Å². The number of halogens is 3. The Hall–Kier alpha value is -1.46. The van der Waals surface area contributed by atoms with Gasteiger partial charge in [-0.05, 0) is 12.1 Å². The third-order valence-corrected chi connectivity index (χ3v) is 1.40. The van der Waals surface area contributed by atoms with E-state index in [9.17, 15) is 13.2 Å². The minimum atomic E-state index is -4.47. The number of rotatable bonds is 1. The van der Waals surface area contributed by atoms with Crippen LogP contribution < -0.4 is 10.5 Å². The zero-order valence-corrected chi connectivity index (χ0v) is 6.72. The molecule has 0 fully saturated rings. The molecule has 0 bridgehead atoms. The summed E-state index contributed by atoms with van der Waals surface area (Å²) < 4.78 is 40.8.